The lowest BCUT2D eigenvalue weighted by molar-refractivity contribution is -0.146. The molecule has 0 aromatic heterocycles. The summed E-state index contributed by atoms with van der Waals surface area (Å²) < 4.78 is 10.9. The van der Waals surface area contributed by atoms with Crippen molar-refractivity contribution >= 4 is 23.5 Å². The van der Waals surface area contributed by atoms with E-state index in [0.29, 0.717) is 24.4 Å². The second kappa shape index (κ2) is 12.1. The molecule has 1 aliphatic heterocycles. The summed E-state index contributed by atoms with van der Waals surface area (Å²) in [7, 11) is 0. The van der Waals surface area contributed by atoms with E-state index >= 15 is 0 Å². The molecule has 9 heteroatoms. The standard InChI is InChI=1S/C21H31N3O6/c1-2-29-21(28)15(9-5-3-4-8-12-22)23-16-14-30-18-11-7-6-10-17(18)24(20(16)27)13-19(25)26/h6-7,10-11,15-16,23H,2-5,8-9,12-14,22H2,1H3,(H,25,26)/t15-,16?/m0/s1. The maximum absolute atomic E-state index is 13.1. The number of amides is 1. The average Bonchev–Trinajstić information content (AvgIpc) is 2.84. The van der Waals surface area contributed by atoms with Gasteiger partial charge < -0.3 is 20.3 Å². The maximum Gasteiger partial charge on any atom is 0.323 e. The summed E-state index contributed by atoms with van der Waals surface area (Å²) in [5.41, 5.74) is 5.90. The molecule has 30 heavy (non-hydrogen) atoms. The van der Waals surface area contributed by atoms with E-state index in [1.165, 1.54) is 4.90 Å². The number of aliphatic carboxylic acids is 1. The van der Waals surface area contributed by atoms with Gasteiger partial charge in [-0.25, -0.2) is 0 Å². The lowest BCUT2D eigenvalue weighted by atomic mass is 10.1. The molecule has 2 atom stereocenters. The molecule has 1 heterocycles. The highest BCUT2D eigenvalue weighted by molar-refractivity contribution is 6.02. The van der Waals surface area contributed by atoms with Crippen LogP contribution < -0.4 is 20.7 Å². The van der Waals surface area contributed by atoms with Gasteiger partial charge in [-0.15, -0.1) is 0 Å². The van der Waals surface area contributed by atoms with Gasteiger partial charge in [-0.3, -0.25) is 24.6 Å². The monoisotopic (exact) mass is 421 g/mol. The Labute approximate surface area is 176 Å². The van der Waals surface area contributed by atoms with Crippen molar-refractivity contribution in [2.75, 3.05) is 31.2 Å². The molecule has 0 spiro atoms. The Morgan fingerprint density at radius 2 is 2.03 bits per heavy atom. The summed E-state index contributed by atoms with van der Waals surface area (Å²) in [6.45, 7) is 2.07. The van der Waals surface area contributed by atoms with Gasteiger partial charge in [0.2, 0.25) is 5.91 Å². The van der Waals surface area contributed by atoms with Gasteiger partial charge in [-0.05, 0) is 38.4 Å². The largest absolute Gasteiger partial charge is 0.489 e. The fraction of sp³-hybridized carbons (Fsp3) is 0.571. The predicted molar refractivity (Wildman–Crippen MR) is 111 cm³/mol. The zero-order valence-corrected chi connectivity index (χ0v) is 17.3. The number of hydrogen-bond donors (Lipinski definition) is 3. The molecule has 1 aromatic rings. The number of ether oxygens (including phenoxy) is 2. The van der Waals surface area contributed by atoms with Crippen LogP contribution in [0.15, 0.2) is 24.3 Å². The second-order valence-corrected chi connectivity index (χ2v) is 7.11. The van der Waals surface area contributed by atoms with Gasteiger partial charge in [0.05, 0.1) is 12.3 Å². The molecule has 0 radical (unpaired) electrons. The van der Waals surface area contributed by atoms with Crippen molar-refractivity contribution in [3.63, 3.8) is 0 Å². The van der Waals surface area contributed by atoms with Crippen molar-refractivity contribution in [1.82, 2.24) is 5.32 Å². The summed E-state index contributed by atoms with van der Waals surface area (Å²) in [4.78, 5) is 38.1. The Kier molecular flexibility index (Phi) is 9.56. The molecule has 1 amide bonds. The quantitative estimate of drug-likeness (QED) is 0.340. The first-order valence-electron chi connectivity index (χ1n) is 10.4. The normalized spacial score (nSPS) is 16.9. The van der Waals surface area contributed by atoms with Crippen molar-refractivity contribution in [3.8, 4) is 5.75 Å². The lowest BCUT2D eigenvalue weighted by Gasteiger charge is -2.26. The Bertz CT molecular complexity index is 726. The van der Waals surface area contributed by atoms with Crippen LogP contribution >= 0.6 is 0 Å². The van der Waals surface area contributed by atoms with Gasteiger partial charge in [-0.1, -0.05) is 31.4 Å². The molecule has 1 aliphatic rings. The van der Waals surface area contributed by atoms with Crippen molar-refractivity contribution in [1.29, 1.82) is 0 Å². The third-order valence-electron chi connectivity index (χ3n) is 4.84. The minimum atomic E-state index is -1.14. The number of unbranched alkanes of at least 4 members (excludes halogenated alkanes) is 3. The van der Waals surface area contributed by atoms with Crippen LogP contribution in [0.3, 0.4) is 0 Å². The third-order valence-corrected chi connectivity index (χ3v) is 4.84. The average molecular weight is 421 g/mol. The highest BCUT2D eigenvalue weighted by atomic mass is 16.5. The summed E-state index contributed by atoms with van der Waals surface area (Å²) in [6, 6.07) is 5.21. The van der Waals surface area contributed by atoms with E-state index in [9.17, 15) is 19.5 Å². The molecule has 9 nitrogen and oxygen atoms in total. The molecule has 1 unspecified atom stereocenters. The number of anilines is 1. The second-order valence-electron chi connectivity index (χ2n) is 7.11. The van der Waals surface area contributed by atoms with Crippen LogP contribution in [-0.4, -0.2) is 61.3 Å². The van der Waals surface area contributed by atoms with Gasteiger partial charge in [-0.2, -0.15) is 0 Å². The van der Waals surface area contributed by atoms with Crippen molar-refractivity contribution < 1.29 is 29.0 Å². The number of benzene rings is 1. The first-order valence-corrected chi connectivity index (χ1v) is 10.4. The van der Waals surface area contributed by atoms with Crippen LogP contribution in [0.2, 0.25) is 0 Å². The number of para-hydroxylation sites is 2. The topological polar surface area (TPSA) is 131 Å². The number of esters is 1. The molecule has 2 rings (SSSR count). The summed E-state index contributed by atoms with van der Waals surface area (Å²) in [5.74, 6) is -1.61. The predicted octanol–water partition coefficient (Wildman–Crippen LogP) is 1.30. The zero-order chi connectivity index (χ0) is 21.9. The minimum absolute atomic E-state index is 0.0188. The SMILES string of the molecule is CCOC(=O)[C@H](CCCCCCN)NC1COc2ccccc2N(CC(=O)O)C1=O. The van der Waals surface area contributed by atoms with Crippen LogP contribution in [-0.2, 0) is 19.1 Å². The first-order chi connectivity index (χ1) is 14.5. The van der Waals surface area contributed by atoms with Crippen molar-refractivity contribution in [2.45, 2.75) is 51.1 Å². The lowest BCUT2D eigenvalue weighted by Crippen LogP contribution is -2.54. The highest BCUT2D eigenvalue weighted by Crippen LogP contribution is 2.31. The van der Waals surface area contributed by atoms with Crippen LogP contribution in [0.25, 0.3) is 0 Å². The molecule has 0 saturated heterocycles. The van der Waals surface area contributed by atoms with Crippen LogP contribution in [0, 0.1) is 0 Å². The molecule has 0 bridgehead atoms. The molecule has 0 fully saturated rings. The fourth-order valence-corrected chi connectivity index (χ4v) is 3.37. The van der Waals surface area contributed by atoms with E-state index in [4.69, 9.17) is 15.2 Å². The number of hydrogen-bond acceptors (Lipinski definition) is 7. The molecular formula is C21H31N3O6. The Morgan fingerprint density at radius 3 is 2.73 bits per heavy atom. The number of nitrogens with two attached hydrogens (primary N) is 1. The van der Waals surface area contributed by atoms with E-state index in [0.717, 1.165) is 25.7 Å². The van der Waals surface area contributed by atoms with Gasteiger partial charge in [0.15, 0.2) is 0 Å². The molecule has 0 saturated carbocycles. The van der Waals surface area contributed by atoms with Crippen molar-refractivity contribution in [3.05, 3.63) is 24.3 Å². The molecule has 166 valence electrons. The number of carboxylic acids is 1. The Morgan fingerprint density at radius 1 is 1.30 bits per heavy atom. The third kappa shape index (κ3) is 6.70. The molecule has 4 N–H and O–H groups in total. The van der Waals surface area contributed by atoms with Gasteiger partial charge >= 0.3 is 11.9 Å². The zero-order valence-electron chi connectivity index (χ0n) is 17.3. The van der Waals surface area contributed by atoms with E-state index in [1.54, 1.807) is 31.2 Å². The number of carboxylic acid groups (broad SMARTS) is 1. The fourth-order valence-electron chi connectivity index (χ4n) is 3.37. The molecule has 0 aliphatic carbocycles. The Balaban J connectivity index is 2.14. The van der Waals surface area contributed by atoms with E-state index in [1.807, 2.05) is 0 Å². The van der Waals surface area contributed by atoms with Gasteiger partial charge in [0, 0.05) is 0 Å². The highest BCUT2D eigenvalue weighted by Gasteiger charge is 2.35. The number of carbonyl (C=O) groups excluding carboxylic acids is 2. The Hall–Kier alpha value is -2.65. The van der Waals surface area contributed by atoms with Gasteiger partial charge in [0.25, 0.3) is 0 Å². The molecule has 1 aromatic carbocycles. The number of fused-ring (bicyclic) bond motifs is 1. The summed E-state index contributed by atoms with van der Waals surface area (Å²) >= 11 is 0. The van der Waals surface area contributed by atoms with E-state index in [2.05, 4.69) is 5.32 Å². The first kappa shape index (κ1) is 23.6. The minimum Gasteiger partial charge on any atom is -0.489 e. The number of rotatable bonds is 12. The number of nitrogens with one attached hydrogen (secondary N) is 1. The smallest absolute Gasteiger partial charge is 0.323 e. The summed E-state index contributed by atoms with van der Waals surface area (Å²) in [6.07, 6.45) is 4.09. The van der Waals surface area contributed by atoms with Crippen LogP contribution in [0.4, 0.5) is 5.69 Å². The van der Waals surface area contributed by atoms with E-state index in [-0.39, 0.29) is 13.2 Å². The van der Waals surface area contributed by atoms with E-state index < -0.39 is 36.5 Å². The van der Waals surface area contributed by atoms with Crippen molar-refractivity contribution in [2.24, 2.45) is 5.73 Å². The van der Waals surface area contributed by atoms with Crippen LogP contribution in [0.1, 0.15) is 39.0 Å². The number of carbonyl (C=O) groups is 3. The maximum atomic E-state index is 13.1. The molecular weight excluding hydrogens is 390 g/mol. The summed E-state index contributed by atoms with van der Waals surface area (Å²) in [5, 5.41) is 12.3. The van der Waals surface area contributed by atoms with Crippen LogP contribution in [0.5, 0.6) is 5.75 Å². The number of nitrogens with zero attached hydrogens (tertiary/aromatic N) is 1. The van der Waals surface area contributed by atoms with Gasteiger partial charge in [0.1, 0.15) is 31.0 Å².